The van der Waals surface area contributed by atoms with Gasteiger partial charge in [-0.15, -0.1) is 0 Å². The number of carbonyl (C=O) groups excluding carboxylic acids is 3. The summed E-state index contributed by atoms with van der Waals surface area (Å²) >= 11 is 0. The Balaban J connectivity index is 1.63. The van der Waals surface area contributed by atoms with Crippen molar-refractivity contribution in [1.29, 1.82) is 0 Å². The summed E-state index contributed by atoms with van der Waals surface area (Å²) in [5.74, 6) is -0.578. The molecule has 0 saturated carbocycles. The summed E-state index contributed by atoms with van der Waals surface area (Å²) in [6, 6.07) is 11.0. The zero-order valence-electron chi connectivity index (χ0n) is 15.1. The first-order chi connectivity index (χ1) is 12.6. The van der Waals surface area contributed by atoms with Crippen LogP contribution in [-0.4, -0.2) is 35.7 Å². The molecule has 2 aromatic rings. The molecule has 2 aromatic carbocycles. The molecule has 26 heavy (non-hydrogen) atoms. The Kier molecular flexibility index (Phi) is 5.66. The van der Waals surface area contributed by atoms with Gasteiger partial charge in [-0.1, -0.05) is 44.0 Å². The van der Waals surface area contributed by atoms with Crippen molar-refractivity contribution in [1.82, 2.24) is 10.2 Å². The highest BCUT2D eigenvalue weighted by Gasteiger charge is 2.32. The van der Waals surface area contributed by atoms with E-state index in [1.54, 1.807) is 12.1 Å². The molecule has 0 saturated heterocycles. The molecule has 0 radical (unpaired) electrons. The molecule has 136 valence electrons. The number of amides is 3. The Labute approximate surface area is 153 Å². The lowest BCUT2D eigenvalue weighted by atomic mass is 9.94. The van der Waals surface area contributed by atoms with Gasteiger partial charge in [-0.3, -0.25) is 19.3 Å². The van der Waals surface area contributed by atoms with Crippen LogP contribution in [0.25, 0.3) is 10.8 Å². The summed E-state index contributed by atoms with van der Waals surface area (Å²) in [4.78, 5) is 38.6. The normalized spacial score (nSPS) is 13.3. The Hall–Kier alpha value is -2.69. The topological polar surface area (TPSA) is 66.5 Å². The number of nitrogens with zero attached hydrogens (tertiary/aromatic N) is 1. The number of rotatable bonds is 8. The first-order valence-electron chi connectivity index (χ1n) is 9.28. The number of imide groups is 1. The number of nitrogens with one attached hydrogen (secondary N) is 1. The summed E-state index contributed by atoms with van der Waals surface area (Å²) < 4.78 is 0. The highest BCUT2D eigenvalue weighted by atomic mass is 16.2. The molecule has 3 rings (SSSR count). The third-order valence-electron chi connectivity index (χ3n) is 4.74. The summed E-state index contributed by atoms with van der Waals surface area (Å²) in [7, 11) is 0. The molecule has 0 atom stereocenters. The molecule has 0 spiro atoms. The minimum Gasteiger partial charge on any atom is -0.356 e. The standard InChI is InChI=1S/C21H24N2O3/c1-2-3-4-13-22-18(24)12-7-14-23-20(25)16-10-5-8-15-9-6-11-17(19(15)16)21(23)26/h5-6,8-11H,2-4,7,12-14H2,1H3,(H,22,24). The van der Waals surface area contributed by atoms with Crippen LogP contribution in [-0.2, 0) is 4.79 Å². The van der Waals surface area contributed by atoms with Crippen molar-refractivity contribution < 1.29 is 14.4 Å². The number of carbonyl (C=O) groups is 3. The molecule has 1 N–H and O–H groups in total. The van der Waals surface area contributed by atoms with Gasteiger partial charge in [0.25, 0.3) is 11.8 Å². The van der Waals surface area contributed by atoms with Gasteiger partial charge in [-0.25, -0.2) is 0 Å². The maximum Gasteiger partial charge on any atom is 0.261 e. The Morgan fingerprint density at radius 3 is 2.23 bits per heavy atom. The molecular formula is C21H24N2O3. The van der Waals surface area contributed by atoms with Crippen molar-refractivity contribution in [2.24, 2.45) is 0 Å². The molecule has 5 nitrogen and oxygen atoms in total. The van der Waals surface area contributed by atoms with Crippen molar-refractivity contribution in [3.63, 3.8) is 0 Å². The van der Waals surface area contributed by atoms with Gasteiger partial charge in [-0.2, -0.15) is 0 Å². The zero-order valence-corrected chi connectivity index (χ0v) is 15.1. The van der Waals surface area contributed by atoms with Crippen molar-refractivity contribution in [3.05, 3.63) is 47.5 Å². The lowest BCUT2D eigenvalue weighted by molar-refractivity contribution is -0.121. The predicted molar refractivity (Wildman–Crippen MR) is 101 cm³/mol. The van der Waals surface area contributed by atoms with Crippen LogP contribution in [0.2, 0.25) is 0 Å². The second kappa shape index (κ2) is 8.13. The highest BCUT2D eigenvalue weighted by molar-refractivity contribution is 6.25. The van der Waals surface area contributed by atoms with Crippen molar-refractivity contribution in [3.8, 4) is 0 Å². The van der Waals surface area contributed by atoms with E-state index in [4.69, 9.17) is 0 Å². The second-order valence-corrected chi connectivity index (χ2v) is 6.63. The van der Waals surface area contributed by atoms with Crippen LogP contribution in [0.5, 0.6) is 0 Å². The maximum absolute atomic E-state index is 12.7. The van der Waals surface area contributed by atoms with Crippen molar-refractivity contribution >= 4 is 28.5 Å². The van der Waals surface area contributed by atoms with Gasteiger partial charge in [0.05, 0.1) is 0 Å². The van der Waals surface area contributed by atoms with Crippen LogP contribution in [0.4, 0.5) is 0 Å². The minimum atomic E-state index is -0.275. The van der Waals surface area contributed by atoms with E-state index >= 15 is 0 Å². The van der Waals surface area contributed by atoms with E-state index in [0.717, 1.165) is 30.0 Å². The molecule has 1 aliphatic heterocycles. The third-order valence-corrected chi connectivity index (χ3v) is 4.74. The van der Waals surface area contributed by atoms with Gasteiger partial charge >= 0.3 is 0 Å². The van der Waals surface area contributed by atoms with E-state index < -0.39 is 0 Å². The van der Waals surface area contributed by atoms with Crippen LogP contribution in [0.1, 0.15) is 59.7 Å². The number of benzene rings is 2. The summed E-state index contributed by atoms with van der Waals surface area (Å²) in [5, 5.41) is 4.51. The average Bonchev–Trinajstić information content (AvgIpc) is 2.66. The van der Waals surface area contributed by atoms with Gasteiger partial charge in [-0.05, 0) is 30.4 Å². The molecule has 1 heterocycles. The molecule has 5 heteroatoms. The fourth-order valence-corrected chi connectivity index (χ4v) is 3.37. The van der Waals surface area contributed by atoms with Crippen LogP contribution in [0.15, 0.2) is 36.4 Å². The lowest BCUT2D eigenvalue weighted by Crippen LogP contribution is -2.41. The van der Waals surface area contributed by atoms with E-state index in [-0.39, 0.29) is 24.3 Å². The summed E-state index contributed by atoms with van der Waals surface area (Å²) in [5.41, 5.74) is 1.11. The van der Waals surface area contributed by atoms with Gasteiger partial charge < -0.3 is 5.32 Å². The maximum atomic E-state index is 12.7. The monoisotopic (exact) mass is 352 g/mol. The summed E-state index contributed by atoms with van der Waals surface area (Å²) in [6.07, 6.45) is 3.97. The molecule has 0 aromatic heterocycles. The van der Waals surface area contributed by atoms with E-state index in [1.807, 2.05) is 24.3 Å². The Morgan fingerprint density at radius 1 is 0.962 bits per heavy atom. The second-order valence-electron chi connectivity index (χ2n) is 6.63. The van der Waals surface area contributed by atoms with Crippen molar-refractivity contribution in [2.75, 3.05) is 13.1 Å². The van der Waals surface area contributed by atoms with E-state index in [9.17, 15) is 14.4 Å². The predicted octanol–water partition coefficient (Wildman–Crippen LogP) is 3.52. The van der Waals surface area contributed by atoms with E-state index in [2.05, 4.69) is 12.2 Å². The van der Waals surface area contributed by atoms with E-state index in [0.29, 0.717) is 30.5 Å². The Bertz CT molecular complexity index is 794. The van der Waals surface area contributed by atoms with Gasteiger partial charge in [0.15, 0.2) is 0 Å². The average molecular weight is 352 g/mol. The zero-order chi connectivity index (χ0) is 18.5. The Morgan fingerprint density at radius 2 is 1.62 bits per heavy atom. The van der Waals surface area contributed by atoms with Crippen molar-refractivity contribution in [2.45, 2.75) is 39.0 Å². The molecule has 0 unspecified atom stereocenters. The highest BCUT2D eigenvalue weighted by Crippen LogP contribution is 2.29. The molecule has 0 bridgehead atoms. The van der Waals surface area contributed by atoms with Crippen LogP contribution in [0.3, 0.4) is 0 Å². The van der Waals surface area contributed by atoms with Gasteiger partial charge in [0.1, 0.15) is 0 Å². The fraction of sp³-hybridized carbons (Fsp3) is 0.381. The molecule has 0 aliphatic carbocycles. The first kappa shape index (κ1) is 18.1. The summed E-state index contributed by atoms with van der Waals surface area (Å²) in [6.45, 7) is 3.06. The molecule has 1 aliphatic rings. The van der Waals surface area contributed by atoms with Gasteiger partial charge in [0.2, 0.25) is 5.91 Å². The molecule has 0 fully saturated rings. The smallest absolute Gasteiger partial charge is 0.261 e. The van der Waals surface area contributed by atoms with Crippen LogP contribution < -0.4 is 5.32 Å². The van der Waals surface area contributed by atoms with Gasteiger partial charge in [0, 0.05) is 36.0 Å². The van der Waals surface area contributed by atoms with E-state index in [1.165, 1.54) is 4.90 Å². The van der Waals surface area contributed by atoms with Crippen LogP contribution >= 0.6 is 0 Å². The fourth-order valence-electron chi connectivity index (χ4n) is 3.37. The first-order valence-corrected chi connectivity index (χ1v) is 9.28. The SMILES string of the molecule is CCCCCNC(=O)CCCN1C(=O)c2cccc3cccc(c23)C1=O. The molecular weight excluding hydrogens is 328 g/mol. The quantitative estimate of drug-likeness (QED) is 0.584. The lowest BCUT2D eigenvalue weighted by Gasteiger charge is -2.27. The third kappa shape index (κ3) is 3.62. The van der Waals surface area contributed by atoms with Crippen LogP contribution in [0, 0.1) is 0 Å². The number of unbranched alkanes of at least 4 members (excludes halogenated alkanes) is 2. The minimum absolute atomic E-state index is 0.0273. The largest absolute Gasteiger partial charge is 0.356 e. The molecule has 3 amide bonds. The number of hydrogen-bond acceptors (Lipinski definition) is 3. The number of hydrogen-bond donors (Lipinski definition) is 1.